The van der Waals surface area contributed by atoms with E-state index in [1.165, 1.54) is 22.5 Å². The van der Waals surface area contributed by atoms with Gasteiger partial charge in [0.2, 0.25) is 5.91 Å². The van der Waals surface area contributed by atoms with Crippen molar-refractivity contribution in [3.63, 3.8) is 0 Å². The van der Waals surface area contributed by atoms with E-state index < -0.39 is 0 Å². The number of carbonyl (C=O) groups is 1. The van der Waals surface area contributed by atoms with Crippen LogP contribution in [0.1, 0.15) is 16.8 Å². The van der Waals surface area contributed by atoms with E-state index in [1.54, 1.807) is 0 Å². The lowest BCUT2D eigenvalue weighted by atomic mass is 10.00. The van der Waals surface area contributed by atoms with Gasteiger partial charge < -0.3 is 4.90 Å². The fourth-order valence-corrected chi connectivity index (χ4v) is 4.26. The number of hydrogen-bond donors (Lipinski definition) is 0. The third-order valence-corrected chi connectivity index (χ3v) is 5.73. The average Bonchev–Trinajstić information content (AvgIpc) is 3.10. The molecule has 1 amide bonds. The second-order valence-electron chi connectivity index (χ2n) is 6.13. The van der Waals surface area contributed by atoms with E-state index in [9.17, 15) is 4.79 Å². The topological polar surface area (TPSA) is 33.2 Å². The van der Waals surface area contributed by atoms with Crippen LogP contribution < -0.4 is 0 Å². The first-order valence-corrected chi connectivity index (χ1v) is 9.50. The van der Waals surface area contributed by atoms with E-state index in [2.05, 4.69) is 23.2 Å². The van der Waals surface area contributed by atoms with Crippen LogP contribution in [0.15, 0.2) is 53.9 Å². The van der Waals surface area contributed by atoms with Crippen molar-refractivity contribution in [2.75, 3.05) is 6.54 Å². The van der Waals surface area contributed by atoms with E-state index in [0.717, 1.165) is 29.2 Å². The third kappa shape index (κ3) is 3.46. The van der Waals surface area contributed by atoms with Gasteiger partial charge in [-0.15, -0.1) is 11.3 Å². The van der Waals surface area contributed by atoms with Gasteiger partial charge in [0.15, 0.2) is 0 Å². The number of amides is 1. The highest BCUT2D eigenvalue weighted by molar-refractivity contribution is 7.13. The van der Waals surface area contributed by atoms with Crippen molar-refractivity contribution < 1.29 is 4.79 Å². The Hall–Kier alpha value is -2.17. The normalized spacial score (nSPS) is 13.6. The van der Waals surface area contributed by atoms with E-state index in [1.807, 2.05) is 40.6 Å². The molecule has 0 unspecified atom stereocenters. The van der Waals surface area contributed by atoms with Crippen LogP contribution >= 0.6 is 22.9 Å². The van der Waals surface area contributed by atoms with Crippen molar-refractivity contribution in [1.29, 1.82) is 0 Å². The molecule has 3 aromatic rings. The van der Waals surface area contributed by atoms with Crippen LogP contribution in [0.5, 0.6) is 0 Å². The number of hydrogen-bond acceptors (Lipinski definition) is 3. The van der Waals surface area contributed by atoms with E-state index in [0.29, 0.717) is 18.0 Å². The van der Waals surface area contributed by atoms with Crippen LogP contribution in [0.2, 0.25) is 5.02 Å². The van der Waals surface area contributed by atoms with Crippen LogP contribution in [0.3, 0.4) is 0 Å². The first-order chi connectivity index (χ1) is 12.2. The number of nitrogens with zero attached hydrogens (tertiary/aromatic N) is 2. The van der Waals surface area contributed by atoms with E-state index in [4.69, 9.17) is 11.6 Å². The van der Waals surface area contributed by atoms with Gasteiger partial charge in [-0.1, -0.05) is 54.1 Å². The molecule has 3 nitrogen and oxygen atoms in total. The zero-order valence-corrected chi connectivity index (χ0v) is 15.2. The molecule has 1 aliphatic rings. The highest BCUT2D eigenvalue weighted by Crippen LogP contribution is 2.30. The molecule has 0 radical (unpaired) electrons. The van der Waals surface area contributed by atoms with E-state index in [-0.39, 0.29) is 5.91 Å². The summed E-state index contributed by atoms with van der Waals surface area (Å²) in [4.78, 5) is 19.2. The molecule has 126 valence electrons. The Bertz CT molecular complexity index is 921. The highest BCUT2D eigenvalue weighted by Gasteiger charge is 2.21. The fourth-order valence-electron chi connectivity index (χ4n) is 3.12. The Labute approximate surface area is 155 Å². The lowest BCUT2D eigenvalue weighted by molar-refractivity contribution is -0.131. The predicted octanol–water partition coefficient (Wildman–Crippen LogP) is 4.59. The van der Waals surface area contributed by atoms with Gasteiger partial charge in [0.05, 0.1) is 17.1 Å². The molecule has 0 saturated carbocycles. The van der Waals surface area contributed by atoms with Crippen LogP contribution in [0.25, 0.3) is 10.6 Å². The van der Waals surface area contributed by atoms with Gasteiger partial charge in [-0.3, -0.25) is 4.79 Å². The number of fused-ring (bicyclic) bond motifs is 1. The van der Waals surface area contributed by atoms with E-state index >= 15 is 0 Å². The molecule has 1 aliphatic heterocycles. The Morgan fingerprint density at radius 1 is 1.12 bits per heavy atom. The van der Waals surface area contributed by atoms with Gasteiger partial charge in [0, 0.05) is 24.0 Å². The van der Waals surface area contributed by atoms with Gasteiger partial charge in [-0.2, -0.15) is 0 Å². The molecule has 2 aromatic carbocycles. The van der Waals surface area contributed by atoms with Crippen LogP contribution in [-0.4, -0.2) is 22.3 Å². The van der Waals surface area contributed by atoms with Gasteiger partial charge in [-0.25, -0.2) is 4.98 Å². The summed E-state index contributed by atoms with van der Waals surface area (Å²) < 4.78 is 0. The summed E-state index contributed by atoms with van der Waals surface area (Å²) in [7, 11) is 0. The number of aromatic nitrogens is 1. The molecule has 0 atom stereocenters. The molecule has 0 bridgehead atoms. The molecule has 0 saturated heterocycles. The fraction of sp³-hybridized carbons (Fsp3) is 0.200. The lowest BCUT2D eigenvalue weighted by Gasteiger charge is -2.28. The first-order valence-electron chi connectivity index (χ1n) is 8.24. The maximum atomic E-state index is 12.7. The van der Waals surface area contributed by atoms with Gasteiger partial charge >= 0.3 is 0 Å². The zero-order chi connectivity index (χ0) is 17.2. The van der Waals surface area contributed by atoms with Gasteiger partial charge in [0.1, 0.15) is 5.01 Å². The van der Waals surface area contributed by atoms with Gasteiger partial charge in [-0.05, 0) is 23.6 Å². The Kier molecular flexibility index (Phi) is 4.55. The molecule has 0 N–H and O–H groups in total. The number of rotatable bonds is 3. The maximum absolute atomic E-state index is 12.7. The molecule has 2 heterocycles. The quantitative estimate of drug-likeness (QED) is 0.677. The lowest BCUT2D eigenvalue weighted by Crippen LogP contribution is -2.36. The second-order valence-corrected chi connectivity index (χ2v) is 7.40. The Morgan fingerprint density at radius 2 is 1.88 bits per heavy atom. The van der Waals surface area contributed by atoms with Gasteiger partial charge in [0.25, 0.3) is 0 Å². The number of halogens is 1. The van der Waals surface area contributed by atoms with Crippen molar-refractivity contribution in [3.8, 4) is 10.6 Å². The van der Waals surface area contributed by atoms with Crippen molar-refractivity contribution in [2.24, 2.45) is 0 Å². The Balaban J connectivity index is 1.47. The van der Waals surface area contributed by atoms with Crippen LogP contribution in [-0.2, 0) is 24.2 Å². The summed E-state index contributed by atoms with van der Waals surface area (Å²) in [5, 5.41) is 3.49. The summed E-state index contributed by atoms with van der Waals surface area (Å²) >= 11 is 7.76. The summed E-state index contributed by atoms with van der Waals surface area (Å²) in [5.74, 6) is 0.130. The van der Waals surface area contributed by atoms with Crippen LogP contribution in [0.4, 0.5) is 0 Å². The summed E-state index contributed by atoms with van der Waals surface area (Å²) in [5.41, 5.74) is 4.32. The maximum Gasteiger partial charge on any atom is 0.228 e. The van der Waals surface area contributed by atoms with Crippen molar-refractivity contribution in [3.05, 3.63) is 75.8 Å². The predicted molar refractivity (Wildman–Crippen MR) is 102 cm³/mol. The number of thiazole rings is 1. The Morgan fingerprint density at radius 3 is 2.72 bits per heavy atom. The van der Waals surface area contributed by atoms with Crippen molar-refractivity contribution >= 4 is 28.8 Å². The molecule has 0 spiro atoms. The molecular formula is C20H17ClN2OS. The molecule has 0 fully saturated rings. The minimum Gasteiger partial charge on any atom is -0.338 e. The molecule has 0 aliphatic carbocycles. The smallest absolute Gasteiger partial charge is 0.228 e. The zero-order valence-electron chi connectivity index (χ0n) is 13.6. The first kappa shape index (κ1) is 16.3. The molecule has 25 heavy (non-hydrogen) atoms. The minimum absolute atomic E-state index is 0.130. The molecule has 1 aromatic heterocycles. The molecule has 5 heteroatoms. The monoisotopic (exact) mass is 368 g/mol. The average molecular weight is 369 g/mol. The van der Waals surface area contributed by atoms with Crippen molar-refractivity contribution in [2.45, 2.75) is 19.4 Å². The number of carbonyl (C=O) groups excluding carboxylic acids is 1. The highest BCUT2D eigenvalue weighted by atomic mass is 35.5. The SMILES string of the molecule is O=C(Cc1csc(-c2ccccc2Cl)n1)N1CCc2ccccc2C1. The number of benzene rings is 2. The van der Waals surface area contributed by atoms with Crippen LogP contribution in [0, 0.1) is 0 Å². The van der Waals surface area contributed by atoms with Crippen molar-refractivity contribution in [1.82, 2.24) is 9.88 Å². The summed E-state index contributed by atoms with van der Waals surface area (Å²) in [6.07, 6.45) is 1.26. The molecular weight excluding hydrogens is 352 g/mol. The minimum atomic E-state index is 0.130. The summed E-state index contributed by atoms with van der Waals surface area (Å²) in [6, 6.07) is 16.0. The standard InChI is InChI=1S/C20H17ClN2OS/c21-18-8-4-3-7-17(18)20-22-16(13-25-20)11-19(24)23-10-9-14-5-1-2-6-15(14)12-23/h1-8,13H,9-12H2. The third-order valence-electron chi connectivity index (χ3n) is 4.47. The summed E-state index contributed by atoms with van der Waals surface area (Å²) in [6.45, 7) is 1.47. The second kappa shape index (κ2) is 6.98. The molecule has 4 rings (SSSR count). The largest absolute Gasteiger partial charge is 0.338 e.